The number of esters is 1. The average molecular weight is 504 g/mol. The molecule has 0 saturated heterocycles. The third kappa shape index (κ3) is 6.20. The first-order valence-corrected chi connectivity index (χ1v) is 12.4. The number of nitrogen functional groups attached to an aromatic ring is 1. The minimum absolute atomic E-state index is 0.0156. The number of aliphatic carboxylic acids is 1. The van der Waals surface area contributed by atoms with Gasteiger partial charge in [0.05, 0.1) is 12.7 Å². The van der Waals surface area contributed by atoms with E-state index < -0.39 is 23.6 Å². The molecule has 0 heterocycles. The maximum Gasteiger partial charge on any atom is 0.339 e. The van der Waals surface area contributed by atoms with Crippen LogP contribution in [0, 0.1) is 20.8 Å². The van der Waals surface area contributed by atoms with Crippen molar-refractivity contribution in [2.24, 2.45) is 0 Å². The van der Waals surface area contributed by atoms with Crippen LogP contribution in [0.4, 0.5) is 5.69 Å². The molecule has 0 fully saturated rings. The maximum absolute atomic E-state index is 13.1. The van der Waals surface area contributed by atoms with Gasteiger partial charge in [0.1, 0.15) is 0 Å². The molecule has 1 atom stereocenters. The van der Waals surface area contributed by atoms with Gasteiger partial charge in [-0.1, -0.05) is 54.1 Å². The van der Waals surface area contributed by atoms with Gasteiger partial charge in [-0.2, -0.15) is 0 Å². The summed E-state index contributed by atoms with van der Waals surface area (Å²) >= 11 is 0. The molecule has 3 aromatic rings. The van der Waals surface area contributed by atoms with Gasteiger partial charge < -0.3 is 20.3 Å². The van der Waals surface area contributed by atoms with Gasteiger partial charge in [-0.25, -0.2) is 4.79 Å². The predicted octanol–water partition coefficient (Wildman–Crippen LogP) is 6.57. The molecule has 0 bridgehead atoms. The first-order valence-electron chi connectivity index (χ1n) is 12.4. The number of nitrogens with two attached hydrogens (primary N) is 1. The predicted molar refractivity (Wildman–Crippen MR) is 147 cm³/mol. The molecule has 37 heavy (non-hydrogen) atoms. The second-order valence-corrected chi connectivity index (χ2v) is 10.4. The van der Waals surface area contributed by atoms with Gasteiger partial charge in [0.15, 0.2) is 6.10 Å². The number of anilines is 1. The summed E-state index contributed by atoms with van der Waals surface area (Å²) in [6.45, 7) is 11.6. The Morgan fingerprint density at radius 2 is 1.57 bits per heavy atom. The van der Waals surface area contributed by atoms with E-state index in [2.05, 4.69) is 0 Å². The van der Waals surface area contributed by atoms with Crippen molar-refractivity contribution in [3.05, 3.63) is 76.3 Å². The normalized spacial score (nSPS) is 12.3. The van der Waals surface area contributed by atoms with Crippen molar-refractivity contribution in [1.82, 2.24) is 0 Å². The van der Waals surface area contributed by atoms with E-state index in [0.29, 0.717) is 17.7 Å². The highest BCUT2D eigenvalue weighted by Gasteiger charge is 2.34. The standard InChI is InChI=1S/C31H37NO5/c1-18-12-14-22(15-13-18)25-19(2)26(23-11-9-8-10-21(23)16-17-24(33)34)28(32)20(3)27(25)29(30(35)36-7)37-31(4,5)6/h8-15,29H,16-17,32H2,1-7H3,(H,33,34)/t29-/m0/s1. The highest BCUT2D eigenvalue weighted by molar-refractivity contribution is 5.94. The molecule has 0 saturated carbocycles. The molecular weight excluding hydrogens is 466 g/mol. The van der Waals surface area contributed by atoms with Gasteiger partial charge in [-0.05, 0) is 81.3 Å². The van der Waals surface area contributed by atoms with Crippen molar-refractivity contribution in [3.63, 3.8) is 0 Å². The number of carbonyl (C=O) groups is 2. The summed E-state index contributed by atoms with van der Waals surface area (Å²) in [5.41, 5.74) is 14.5. The quantitative estimate of drug-likeness (QED) is 0.266. The summed E-state index contributed by atoms with van der Waals surface area (Å²) in [7, 11) is 1.35. The summed E-state index contributed by atoms with van der Waals surface area (Å²) in [5, 5.41) is 9.29. The van der Waals surface area contributed by atoms with E-state index in [1.54, 1.807) is 0 Å². The van der Waals surface area contributed by atoms with Gasteiger partial charge in [-0.3, -0.25) is 4.79 Å². The van der Waals surface area contributed by atoms with E-state index in [-0.39, 0.29) is 6.42 Å². The number of carbonyl (C=O) groups excluding carboxylic acids is 1. The zero-order valence-electron chi connectivity index (χ0n) is 22.8. The fourth-order valence-electron chi connectivity index (χ4n) is 4.73. The summed E-state index contributed by atoms with van der Waals surface area (Å²) in [5.74, 6) is -1.36. The van der Waals surface area contributed by atoms with Crippen LogP contribution in [0.5, 0.6) is 0 Å². The van der Waals surface area contributed by atoms with Crippen LogP contribution in [0.25, 0.3) is 22.3 Å². The minimum atomic E-state index is -0.987. The number of benzene rings is 3. The van der Waals surface area contributed by atoms with Crippen LogP contribution in [0.2, 0.25) is 0 Å². The monoisotopic (exact) mass is 503 g/mol. The number of aryl methyl sites for hydroxylation is 2. The Hall–Kier alpha value is -3.64. The number of ether oxygens (including phenoxy) is 2. The molecule has 6 nitrogen and oxygen atoms in total. The molecule has 0 spiro atoms. The van der Waals surface area contributed by atoms with Crippen molar-refractivity contribution in [3.8, 4) is 22.3 Å². The van der Waals surface area contributed by atoms with Crippen LogP contribution in [0.3, 0.4) is 0 Å². The van der Waals surface area contributed by atoms with Crippen LogP contribution in [0.1, 0.15) is 61.1 Å². The van der Waals surface area contributed by atoms with E-state index >= 15 is 0 Å². The molecule has 0 amide bonds. The van der Waals surface area contributed by atoms with Crippen LogP contribution < -0.4 is 5.73 Å². The van der Waals surface area contributed by atoms with E-state index in [0.717, 1.165) is 44.5 Å². The lowest BCUT2D eigenvalue weighted by molar-refractivity contribution is -0.164. The van der Waals surface area contributed by atoms with Gasteiger partial charge in [0, 0.05) is 23.2 Å². The van der Waals surface area contributed by atoms with Crippen LogP contribution in [-0.4, -0.2) is 29.8 Å². The lowest BCUT2D eigenvalue weighted by Crippen LogP contribution is -2.29. The van der Waals surface area contributed by atoms with Gasteiger partial charge in [-0.15, -0.1) is 0 Å². The number of hydrogen-bond acceptors (Lipinski definition) is 5. The van der Waals surface area contributed by atoms with E-state index in [1.165, 1.54) is 7.11 Å². The van der Waals surface area contributed by atoms with E-state index in [1.807, 2.05) is 90.1 Å². The zero-order valence-corrected chi connectivity index (χ0v) is 22.8. The van der Waals surface area contributed by atoms with Gasteiger partial charge in [0.25, 0.3) is 0 Å². The molecule has 0 aliphatic heterocycles. The fraction of sp³-hybridized carbons (Fsp3) is 0.355. The molecule has 0 aliphatic carbocycles. The second kappa shape index (κ2) is 11.2. The first kappa shape index (κ1) is 27.9. The molecule has 6 heteroatoms. The Morgan fingerprint density at radius 1 is 0.946 bits per heavy atom. The minimum Gasteiger partial charge on any atom is -0.481 e. The molecule has 3 aromatic carbocycles. The molecule has 0 unspecified atom stereocenters. The van der Waals surface area contributed by atoms with Crippen molar-refractivity contribution < 1.29 is 24.2 Å². The highest BCUT2D eigenvalue weighted by atomic mass is 16.6. The Kier molecular flexibility index (Phi) is 8.44. The van der Waals surface area contributed by atoms with Crippen LogP contribution >= 0.6 is 0 Å². The number of carboxylic acid groups (broad SMARTS) is 1. The Bertz CT molecular complexity index is 1300. The molecular formula is C31H37NO5. The summed E-state index contributed by atoms with van der Waals surface area (Å²) < 4.78 is 11.5. The first-order chi connectivity index (χ1) is 17.4. The van der Waals surface area contributed by atoms with Crippen molar-refractivity contribution in [2.45, 2.75) is 66.1 Å². The van der Waals surface area contributed by atoms with Crippen molar-refractivity contribution >= 4 is 17.6 Å². The average Bonchev–Trinajstić information content (AvgIpc) is 2.84. The molecule has 196 valence electrons. The molecule has 3 rings (SSSR count). The summed E-state index contributed by atoms with van der Waals surface area (Å²) in [6.07, 6.45) is -0.594. The highest BCUT2D eigenvalue weighted by Crippen LogP contribution is 2.46. The Balaban J connectivity index is 2.42. The molecule has 0 aliphatic rings. The van der Waals surface area contributed by atoms with Crippen molar-refractivity contribution in [1.29, 1.82) is 0 Å². The summed E-state index contributed by atoms with van der Waals surface area (Å²) in [6, 6.07) is 15.9. The van der Waals surface area contributed by atoms with Crippen molar-refractivity contribution in [2.75, 3.05) is 12.8 Å². The van der Waals surface area contributed by atoms with Gasteiger partial charge in [0.2, 0.25) is 0 Å². The van der Waals surface area contributed by atoms with Crippen LogP contribution in [0.15, 0.2) is 48.5 Å². The lowest BCUT2D eigenvalue weighted by Gasteiger charge is -2.31. The zero-order chi connectivity index (χ0) is 27.5. The number of carboxylic acids is 1. The van der Waals surface area contributed by atoms with Crippen LogP contribution in [-0.2, 0) is 25.5 Å². The smallest absolute Gasteiger partial charge is 0.339 e. The third-order valence-corrected chi connectivity index (χ3v) is 6.48. The lowest BCUT2D eigenvalue weighted by atomic mass is 9.81. The van der Waals surface area contributed by atoms with E-state index in [9.17, 15) is 14.7 Å². The fourth-order valence-corrected chi connectivity index (χ4v) is 4.73. The number of hydrogen-bond donors (Lipinski definition) is 2. The molecule has 3 N–H and O–H groups in total. The molecule has 0 aromatic heterocycles. The third-order valence-electron chi connectivity index (χ3n) is 6.48. The number of rotatable bonds is 8. The Labute approximate surface area is 219 Å². The van der Waals surface area contributed by atoms with E-state index in [4.69, 9.17) is 15.2 Å². The SMILES string of the molecule is COC(=O)[C@@H](OC(C)(C)C)c1c(C)c(N)c(-c2ccccc2CCC(=O)O)c(C)c1-c1ccc(C)cc1. The molecule has 0 radical (unpaired) electrons. The maximum atomic E-state index is 13.1. The Morgan fingerprint density at radius 3 is 2.14 bits per heavy atom. The summed E-state index contributed by atoms with van der Waals surface area (Å²) in [4.78, 5) is 24.4. The number of methoxy groups -OCH3 is 1. The largest absolute Gasteiger partial charge is 0.481 e. The second-order valence-electron chi connectivity index (χ2n) is 10.4. The topological polar surface area (TPSA) is 98.9 Å². The van der Waals surface area contributed by atoms with Gasteiger partial charge >= 0.3 is 11.9 Å².